The first-order valence-electron chi connectivity index (χ1n) is 5.24. The zero-order valence-electron chi connectivity index (χ0n) is 9.64. The maximum atomic E-state index is 12.9. The van der Waals surface area contributed by atoms with E-state index < -0.39 is 5.82 Å². The number of aromatic nitrogens is 1. The monoisotopic (exact) mass is 266 g/mol. The highest BCUT2D eigenvalue weighted by Gasteiger charge is 2.06. The Morgan fingerprint density at radius 1 is 1.56 bits per heavy atom. The fraction of sp³-hybridized carbons (Fsp3) is 0.167. The molecule has 0 aliphatic heterocycles. The molecule has 0 unspecified atom stereocenters. The first kappa shape index (κ1) is 12.5. The van der Waals surface area contributed by atoms with Gasteiger partial charge in [-0.2, -0.15) is 0 Å². The summed E-state index contributed by atoms with van der Waals surface area (Å²) in [4.78, 5) is 16.5. The summed E-state index contributed by atoms with van der Waals surface area (Å²) < 4.78 is 18.0. The maximum Gasteiger partial charge on any atom is 0.264 e. The third-order valence-electron chi connectivity index (χ3n) is 2.03. The number of carbonyl (C=O) groups excluding carboxylic acids is 1. The third kappa shape index (κ3) is 3.53. The molecule has 1 N–H and O–H groups in total. The molecule has 1 aromatic heterocycles. The highest BCUT2D eigenvalue weighted by atomic mass is 32.1. The van der Waals surface area contributed by atoms with Gasteiger partial charge in [-0.1, -0.05) is 6.07 Å². The van der Waals surface area contributed by atoms with Crippen LogP contribution in [0.4, 0.5) is 9.52 Å². The Hall–Kier alpha value is -1.95. The van der Waals surface area contributed by atoms with Gasteiger partial charge in [0.15, 0.2) is 11.7 Å². The molecule has 0 radical (unpaired) electrons. The van der Waals surface area contributed by atoms with Crippen molar-refractivity contribution < 1.29 is 13.9 Å². The number of hydrogen-bond donors (Lipinski definition) is 1. The van der Waals surface area contributed by atoms with Gasteiger partial charge in [0.1, 0.15) is 11.6 Å². The van der Waals surface area contributed by atoms with Gasteiger partial charge in [-0.05, 0) is 19.1 Å². The van der Waals surface area contributed by atoms with Crippen molar-refractivity contribution in [1.29, 1.82) is 0 Å². The van der Waals surface area contributed by atoms with Crippen LogP contribution in [-0.4, -0.2) is 17.5 Å². The van der Waals surface area contributed by atoms with Gasteiger partial charge < -0.3 is 4.74 Å². The Morgan fingerprint density at radius 2 is 2.39 bits per heavy atom. The van der Waals surface area contributed by atoms with E-state index in [-0.39, 0.29) is 12.5 Å². The van der Waals surface area contributed by atoms with Gasteiger partial charge in [0.2, 0.25) is 0 Å². The summed E-state index contributed by atoms with van der Waals surface area (Å²) in [5.74, 6) is -0.405. The predicted octanol–water partition coefficient (Wildman–Crippen LogP) is 2.61. The minimum Gasteiger partial charge on any atom is -0.484 e. The number of nitrogens with zero attached hydrogens (tertiary/aromatic N) is 1. The highest BCUT2D eigenvalue weighted by Crippen LogP contribution is 2.16. The van der Waals surface area contributed by atoms with Crippen LogP contribution in [0.5, 0.6) is 5.75 Å². The highest BCUT2D eigenvalue weighted by molar-refractivity contribution is 7.15. The first-order valence-corrected chi connectivity index (χ1v) is 6.06. The molecule has 1 amide bonds. The minimum atomic E-state index is -0.400. The molecule has 2 aromatic rings. The van der Waals surface area contributed by atoms with Crippen molar-refractivity contribution in [3.63, 3.8) is 0 Å². The minimum absolute atomic E-state index is 0.178. The van der Waals surface area contributed by atoms with Crippen molar-refractivity contribution in [3.8, 4) is 5.75 Å². The summed E-state index contributed by atoms with van der Waals surface area (Å²) in [7, 11) is 0. The van der Waals surface area contributed by atoms with Crippen LogP contribution >= 0.6 is 11.3 Å². The number of benzene rings is 1. The number of halogens is 1. The number of nitrogens with one attached hydrogen (secondary N) is 1. The van der Waals surface area contributed by atoms with Crippen LogP contribution in [0.15, 0.2) is 30.5 Å². The lowest BCUT2D eigenvalue weighted by atomic mass is 10.3. The summed E-state index contributed by atoms with van der Waals surface area (Å²) in [6, 6.07) is 5.64. The normalized spacial score (nSPS) is 10.1. The number of amides is 1. The quantitative estimate of drug-likeness (QED) is 0.925. The van der Waals surface area contributed by atoms with E-state index in [4.69, 9.17) is 4.74 Å². The molecule has 1 heterocycles. The molecular formula is C12H11FN2O2S. The number of anilines is 1. The summed E-state index contributed by atoms with van der Waals surface area (Å²) in [6.45, 7) is 1.72. The molecule has 1 aromatic carbocycles. The van der Waals surface area contributed by atoms with Crippen molar-refractivity contribution in [2.75, 3.05) is 11.9 Å². The average Bonchev–Trinajstić information content (AvgIpc) is 2.72. The molecule has 0 atom stereocenters. The number of carbonyl (C=O) groups is 1. The van der Waals surface area contributed by atoms with E-state index in [1.54, 1.807) is 12.3 Å². The lowest BCUT2D eigenvalue weighted by Crippen LogP contribution is -2.20. The van der Waals surface area contributed by atoms with Crippen molar-refractivity contribution in [2.24, 2.45) is 0 Å². The topological polar surface area (TPSA) is 51.2 Å². The molecule has 0 bridgehead atoms. The van der Waals surface area contributed by atoms with Crippen molar-refractivity contribution in [2.45, 2.75) is 6.92 Å². The zero-order chi connectivity index (χ0) is 13.0. The van der Waals surface area contributed by atoms with Gasteiger partial charge in [0, 0.05) is 17.1 Å². The van der Waals surface area contributed by atoms with Gasteiger partial charge in [-0.3, -0.25) is 10.1 Å². The molecule has 0 spiro atoms. The van der Waals surface area contributed by atoms with Crippen LogP contribution in [-0.2, 0) is 4.79 Å². The second kappa shape index (κ2) is 5.59. The van der Waals surface area contributed by atoms with Gasteiger partial charge in [0.05, 0.1) is 0 Å². The molecule has 0 fully saturated rings. The Balaban J connectivity index is 1.85. The molecule has 4 nitrogen and oxygen atoms in total. The van der Waals surface area contributed by atoms with E-state index in [0.29, 0.717) is 10.9 Å². The van der Waals surface area contributed by atoms with Crippen molar-refractivity contribution in [1.82, 2.24) is 4.98 Å². The van der Waals surface area contributed by atoms with E-state index >= 15 is 0 Å². The summed E-state index contributed by atoms with van der Waals surface area (Å²) >= 11 is 1.38. The largest absolute Gasteiger partial charge is 0.484 e. The molecule has 2 rings (SSSR count). The Bertz CT molecular complexity index is 557. The lowest BCUT2D eigenvalue weighted by Gasteiger charge is -2.05. The predicted molar refractivity (Wildman–Crippen MR) is 67.4 cm³/mol. The van der Waals surface area contributed by atoms with E-state index in [1.165, 1.54) is 29.5 Å². The van der Waals surface area contributed by atoms with Crippen molar-refractivity contribution in [3.05, 3.63) is 41.2 Å². The van der Waals surface area contributed by atoms with Crippen LogP contribution in [0, 0.1) is 12.7 Å². The van der Waals surface area contributed by atoms with Gasteiger partial charge >= 0.3 is 0 Å². The van der Waals surface area contributed by atoms with Gasteiger partial charge in [-0.15, -0.1) is 11.3 Å². The molecular weight excluding hydrogens is 255 g/mol. The lowest BCUT2D eigenvalue weighted by molar-refractivity contribution is -0.118. The second-order valence-corrected chi connectivity index (χ2v) is 4.81. The smallest absolute Gasteiger partial charge is 0.264 e. The standard InChI is InChI=1S/C12H11FN2O2S/c1-8-6-14-12(18-8)15-11(16)7-17-10-4-2-3-9(13)5-10/h2-6H,7H2,1H3,(H,14,15,16). The molecule has 0 saturated heterocycles. The number of aryl methyl sites for hydroxylation is 1. The maximum absolute atomic E-state index is 12.9. The van der Waals surface area contributed by atoms with Crippen molar-refractivity contribution >= 4 is 22.4 Å². The number of thiazole rings is 1. The number of hydrogen-bond acceptors (Lipinski definition) is 4. The van der Waals surface area contributed by atoms with Crippen LogP contribution in [0.3, 0.4) is 0 Å². The van der Waals surface area contributed by atoms with E-state index in [1.807, 2.05) is 6.92 Å². The van der Waals surface area contributed by atoms with Crippen LogP contribution in [0.1, 0.15) is 4.88 Å². The zero-order valence-corrected chi connectivity index (χ0v) is 10.5. The van der Waals surface area contributed by atoms with Crippen LogP contribution in [0.2, 0.25) is 0 Å². The van der Waals surface area contributed by atoms with Crippen LogP contribution in [0.25, 0.3) is 0 Å². The Kier molecular flexibility index (Phi) is 3.88. The summed E-state index contributed by atoms with van der Waals surface area (Å²) in [5, 5.41) is 3.13. The Morgan fingerprint density at radius 3 is 3.06 bits per heavy atom. The molecule has 0 aliphatic rings. The van der Waals surface area contributed by atoms with Crippen LogP contribution < -0.4 is 10.1 Å². The Labute approximate surface area is 107 Å². The van der Waals surface area contributed by atoms with Gasteiger partial charge in [-0.25, -0.2) is 9.37 Å². The van der Waals surface area contributed by atoms with E-state index in [2.05, 4.69) is 10.3 Å². The molecule has 0 aliphatic carbocycles. The second-order valence-electron chi connectivity index (χ2n) is 3.57. The fourth-order valence-corrected chi connectivity index (χ4v) is 1.95. The average molecular weight is 266 g/mol. The summed E-state index contributed by atoms with van der Waals surface area (Å²) in [6.07, 6.45) is 1.67. The van der Waals surface area contributed by atoms with Gasteiger partial charge in [0.25, 0.3) is 5.91 Å². The number of rotatable bonds is 4. The molecule has 94 valence electrons. The fourth-order valence-electron chi connectivity index (χ4n) is 1.27. The number of ether oxygens (including phenoxy) is 1. The SMILES string of the molecule is Cc1cnc(NC(=O)COc2cccc(F)c2)s1. The van der Waals surface area contributed by atoms with E-state index in [9.17, 15) is 9.18 Å². The molecule has 18 heavy (non-hydrogen) atoms. The molecule has 0 saturated carbocycles. The third-order valence-corrected chi connectivity index (χ3v) is 2.86. The summed E-state index contributed by atoms with van der Waals surface area (Å²) in [5.41, 5.74) is 0. The van der Waals surface area contributed by atoms with E-state index in [0.717, 1.165) is 4.88 Å². The molecule has 6 heteroatoms. The first-order chi connectivity index (χ1) is 8.63.